The molecule has 0 aliphatic rings. The molecule has 1 aromatic carbocycles. The van der Waals surface area contributed by atoms with Crippen molar-refractivity contribution in [1.29, 1.82) is 0 Å². The third-order valence-corrected chi connectivity index (χ3v) is 1.86. The SMILES string of the molecule is CC(C)(C)OCc1cc(F)ccc1O[B]O. The van der Waals surface area contributed by atoms with Gasteiger partial charge in [0.15, 0.2) is 0 Å². The molecular formula is C11H15BFO3. The number of ether oxygens (including phenoxy) is 1. The van der Waals surface area contributed by atoms with Gasteiger partial charge in [0.2, 0.25) is 0 Å². The highest BCUT2D eigenvalue weighted by atomic mass is 19.1. The van der Waals surface area contributed by atoms with Crippen LogP contribution in [-0.4, -0.2) is 18.3 Å². The third kappa shape index (κ3) is 4.20. The Morgan fingerprint density at radius 1 is 1.38 bits per heavy atom. The average molecular weight is 225 g/mol. The summed E-state index contributed by atoms with van der Waals surface area (Å²) in [5.41, 5.74) is 0.243. The highest BCUT2D eigenvalue weighted by molar-refractivity contribution is 6.17. The van der Waals surface area contributed by atoms with Gasteiger partial charge in [0.25, 0.3) is 0 Å². The minimum atomic E-state index is -0.363. The lowest BCUT2D eigenvalue weighted by molar-refractivity contribution is -0.0155. The van der Waals surface area contributed by atoms with Crippen molar-refractivity contribution in [2.24, 2.45) is 0 Å². The molecule has 0 saturated carbocycles. The maximum absolute atomic E-state index is 13.0. The summed E-state index contributed by atoms with van der Waals surface area (Å²) in [6, 6.07) is 4.04. The maximum atomic E-state index is 13.0. The van der Waals surface area contributed by atoms with E-state index in [2.05, 4.69) is 0 Å². The second-order valence-corrected chi connectivity index (χ2v) is 4.38. The lowest BCUT2D eigenvalue weighted by Crippen LogP contribution is -2.19. The fourth-order valence-corrected chi connectivity index (χ4v) is 1.13. The fraction of sp³-hybridized carbons (Fsp3) is 0.455. The second-order valence-electron chi connectivity index (χ2n) is 4.38. The average Bonchev–Trinajstić information content (AvgIpc) is 2.17. The highest BCUT2D eigenvalue weighted by Crippen LogP contribution is 2.22. The van der Waals surface area contributed by atoms with Gasteiger partial charge in [0.05, 0.1) is 12.2 Å². The predicted molar refractivity (Wildman–Crippen MR) is 59.5 cm³/mol. The first kappa shape index (κ1) is 13.0. The van der Waals surface area contributed by atoms with Crippen molar-refractivity contribution in [3.63, 3.8) is 0 Å². The number of halogens is 1. The maximum Gasteiger partial charge on any atom is 0.569 e. The number of hydrogen-bond donors (Lipinski definition) is 1. The normalized spacial score (nSPS) is 11.3. The quantitative estimate of drug-likeness (QED) is 0.797. The van der Waals surface area contributed by atoms with Gasteiger partial charge in [0.1, 0.15) is 11.6 Å². The van der Waals surface area contributed by atoms with Crippen LogP contribution in [0.4, 0.5) is 4.39 Å². The Kier molecular flexibility index (Phi) is 4.32. The molecule has 0 aliphatic carbocycles. The molecule has 1 rings (SSSR count). The summed E-state index contributed by atoms with van der Waals surface area (Å²) >= 11 is 0. The largest absolute Gasteiger partial charge is 0.569 e. The van der Waals surface area contributed by atoms with E-state index in [4.69, 9.17) is 14.4 Å². The van der Waals surface area contributed by atoms with Gasteiger partial charge in [-0.05, 0) is 39.0 Å². The van der Waals surface area contributed by atoms with E-state index in [9.17, 15) is 4.39 Å². The monoisotopic (exact) mass is 225 g/mol. The lowest BCUT2D eigenvalue weighted by Gasteiger charge is -2.20. The van der Waals surface area contributed by atoms with Crippen molar-refractivity contribution in [1.82, 2.24) is 0 Å². The summed E-state index contributed by atoms with van der Waals surface area (Å²) in [6.45, 7) is 5.95. The van der Waals surface area contributed by atoms with E-state index in [1.807, 2.05) is 20.8 Å². The summed E-state index contributed by atoms with van der Waals surface area (Å²) in [7, 11) is 0.563. The Hall–Kier alpha value is -1.07. The summed E-state index contributed by atoms with van der Waals surface area (Å²) in [5.74, 6) is 0.0194. The molecule has 3 nitrogen and oxygen atoms in total. The smallest absolute Gasteiger partial charge is 0.537 e. The van der Waals surface area contributed by atoms with Crippen molar-refractivity contribution >= 4 is 7.69 Å². The molecule has 5 heteroatoms. The summed E-state index contributed by atoms with van der Waals surface area (Å²) < 4.78 is 23.4. The van der Waals surface area contributed by atoms with E-state index in [-0.39, 0.29) is 18.0 Å². The first-order chi connectivity index (χ1) is 7.42. The molecule has 0 amide bonds. The van der Waals surface area contributed by atoms with Crippen LogP contribution in [0.5, 0.6) is 5.75 Å². The topological polar surface area (TPSA) is 38.7 Å². The standard InChI is InChI=1S/C11H15BFO3/c1-11(2,3)15-7-8-6-9(13)4-5-10(8)16-12-14/h4-6,14H,7H2,1-3H3. The number of rotatable bonds is 4. The van der Waals surface area contributed by atoms with Gasteiger partial charge in [-0.25, -0.2) is 4.39 Å². The molecule has 0 bridgehead atoms. The van der Waals surface area contributed by atoms with Gasteiger partial charge < -0.3 is 14.4 Å². The van der Waals surface area contributed by atoms with E-state index in [0.717, 1.165) is 0 Å². The second kappa shape index (κ2) is 5.32. The molecule has 1 N–H and O–H groups in total. The van der Waals surface area contributed by atoms with Crippen LogP contribution < -0.4 is 4.65 Å². The zero-order valence-corrected chi connectivity index (χ0v) is 9.66. The minimum Gasteiger partial charge on any atom is -0.537 e. The Balaban J connectivity index is 2.79. The van der Waals surface area contributed by atoms with Gasteiger partial charge >= 0.3 is 7.69 Å². The molecule has 0 aromatic heterocycles. The molecule has 0 atom stereocenters. The van der Waals surface area contributed by atoms with Gasteiger partial charge in [-0.2, -0.15) is 0 Å². The molecule has 1 aromatic rings. The van der Waals surface area contributed by atoms with Crippen LogP contribution in [-0.2, 0) is 11.3 Å². The molecule has 0 spiro atoms. The lowest BCUT2D eigenvalue weighted by atomic mass is 10.1. The Labute approximate surface area is 95.5 Å². The van der Waals surface area contributed by atoms with Gasteiger partial charge in [0, 0.05) is 5.56 Å². The molecule has 0 heterocycles. The van der Waals surface area contributed by atoms with Crippen LogP contribution in [0.15, 0.2) is 18.2 Å². The van der Waals surface area contributed by atoms with Crippen LogP contribution >= 0.6 is 0 Å². The van der Waals surface area contributed by atoms with Gasteiger partial charge in [-0.15, -0.1) is 0 Å². The van der Waals surface area contributed by atoms with Crippen LogP contribution in [0.25, 0.3) is 0 Å². The minimum absolute atomic E-state index is 0.227. The Morgan fingerprint density at radius 3 is 2.62 bits per heavy atom. The molecule has 0 unspecified atom stereocenters. The molecule has 0 saturated heterocycles. The van der Waals surface area contributed by atoms with Crippen molar-refractivity contribution in [3.05, 3.63) is 29.6 Å². The number of hydrogen-bond acceptors (Lipinski definition) is 3. The first-order valence-corrected chi connectivity index (χ1v) is 4.97. The van der Waals surface area contributed by atoms with Crippen LogP contribution in [0.1, 0.15) is 26.3 Å². The first-order valence-electron chi connectivity index (χ1n) is 4.97. The molecule has 87 valence electrons. The highest BCUT2D eigenvalue weighted by Gasteiger charge is 2.13. The van der Waals surface area contributed by atoms with Crippen LogP contribution in [0, 0.1) is 5.82 Å². The molecule has 1 radical (unpaired) electrons. The zero-order valence-electron chi connectivity index (χ0n) is 9.66. The van der Waals surface area contributed by atoms with E-state index in [1.165, 1.54) is 18.2 Å². The van der Waals surface area contributed by atoms with E-state index < -0.39 is 0 Å². The number of benzene rings is 1. The zero-order chi connectivity index (χ0) is 12.2. The van der Waals surface area contributed by atoms with Gasteiger partial charge in [-0.1, -0.05) is 0 Å². The van der Waals surface area contributed by atoms with Gasteiger partial charge in [-0.3, -0.25) is 0 Å². The van der Waals surface area contributed by atoms with Crippen molar-refractivity contribution < 1.29 is 18.8 Å². The fourth-order valence-electron chi connectivity index (χ4n) is 1.13. The molecule has 16 heavy (non-hydrogen) atoms. The summed E-state index contributed by atoms with van der Waals surface area (Å²) in [4.78, 5) is 0. The van der Waals surface area contributed by atoms with E-state index in [0.29, 0.717) is 19.0 Å². The van der Waals surface area contributed by atoms with Crippen LogP contribution in [0.2, 0.25) is 0 Å². The van der Waals surface area contributed by atoms with E-state index in [1.54, 1.807) is 0 Å². The Morgan fingerprint density at radius 2 is 2.06 bits per heavy atom. The van der Waals surface area contributed by atoms with Crippen molar-refractivity contribution in [2.45, 2.75) is 33.0 Å². The van der Waals surface area contributed by atoms with Crippen molar-refractivity contribution in [2.75, 3.05) is 0 Å². The Bertz CT molecular complexity index is 350. The summed E-state index contributed by atoms with van der Waals surface area (Å²) in [6.07, 6.45) is 0. The predicted octanol–water partition coefficient (Wildman–Crippen LogP) is 2.05. The molecule has 0 fully saturated rings. The summed E-state index contributed by atoms with van der Waals surface area (Å²) in [5, 5.41) is 8.56. The third-order valence-electron chi connectivity index (χ3n) is 1.86. The van der Waals surface area contributed by atoms with Crippen LogP contribution in [0.3, 0.4) is 0 Å². The van der Waals surface area contributed by atoms with Crippen molar-refractivity contribution in [3.8, 4) is 5.75 Å². The molecular weight excluding hydrogens is 210 g/mol. The molecule has 0 aliphatic heterocycles. The van der Waals surface area contributed by atoms with E-state index >= 15 is 0 Å².